The molecular weight excluding hydrogens is 344 g/mol. The van der Waals surface area contributed by atoms with E-state index in [1.165, 1.54) is 12.6 Å². The molecule has 1 N–H and O–H groups in total. The zero-order valence-corrected chi connectivity index (χ0v) is 16.1. The molecule has 1 saturated carbocycles. The third-order valence-electron chi connectivity index (χ3n) is 5.00. The Labute approximate surface area is 159 Å². The van der Waals surface area contributed by atoms with Gasteiger partial charge in [0.1, 0.15) is 0 Å². The van der Waals surface area contributed by atoms with Crippen molar-refractivity contribution in [1.29, 1.82) is 0 Å². The van der Waals surface area contributed by atoms with Crippen molar-refractivity contribution in [3.63, 3.8) is 0 Å². The number of carbonyl (C=O) groups is 2. The van der Waals surface area contributed by atoms with E-state index in [0.717, 1.165) is 30.7 Å². The maximum atomic E-state index is 12.2. The second kappa shape index (κ2) is 8.33. The second-order valence-electron chi connectivity index (χ2n) is 7.26. The third-order valence-corrected chi connectivity index (χ3v) is 5.00. The van der Waals surface area contributed by atoms with Crippen LogP contribution in [0, 0.1) is 19.8 Å². The minimum Gasteiger partial charge on any atom is -0.452 e. The molecule has 2 atom stereocenters. The van der Waals surface area contributed by atoms with E-state index in [1.807, 2.05) is 19.9 Å². The molecule has 0 aliphatic heterocycles. The predicted molar refractivity (Wildman–Crippen MR) is 101 cm³/mol. The number of nitrogens with one attached hydrogen (secondary N) is 1. The van der Waals surface area contributed by atoms with E-state index < -0.39 is 5.97 Å². The van der Waals surface area contributed by atoms with Crippen LogP contribution in [0.1, 0.15) is 54.4 Å². The molecule has 3 rings (SSSR count). The summed E-state index contributed by atoms with van der Waals surface area (Å²) in [6.45, 7) is 5.72. The van der Waals surface area contributed by atoms with Gasteiger partial charge in [-0.2, -0.15) is 5.10 Å². The summed E-state index contributed by atoms with van der Waals surface area (Å²) in [6, 6.07) is 5.46. The number of hydrogen-bond donors (Lipinski definition) is 1. The van der Waals surface area contributed by atoms with E-state index in [1.54, 1.807) is 16.8 Å². The SMILES string of the molecule is Cc1cc(C)n(-c2ccc(C(=O)OCC(=O)NC3CCCCC3C)cn2)n1. The van der Waals surface area contributed by atoms with Crippen LogP contribution in [0.25, 0.3) is 5.82 Å². The highest BCUT2D eigenvalue weighted by atomic mass is 16.5. The average Bonchev–Trinajstić information content (AvgIpc) is 3.00. The van der Waals surface area contributed by atoms with Crippen LogP contribution in [0.4, 0.5) is 0 Å². The van der Waals surface area contributed by atoms with Gasteiger partial charge in [0, 0.05) is 17.9 Å². The quantitative estimate of drug-likeness (QED) is 0.818. The van der Waals surface area contributed by atoms with Gasteiger partial charge < -0.3 is 10.1 Å². The molecule has 0 aromatic carbocycles. The topological polar surface area (TPSA) is 86.1 Å². The van der Waals surface area contributed by atoms with E-state index in [0.29, 0.717) is 17.3 Å². The summed E-state index contributed by atoms with van der Waals surface area (Å²) < 4.78 is 6.84. The first-order chi connectivity index (χ1) is 12.9. The molecular formula is C20H26N4O3. The summed E-state index contributed by atoms with van der Waals surface area (Å²) in [5.74, 6) is 0.272. The van der Waals surface area contributed by atoms with Gasteiger partial charge in [-0.05, 0) is 50.8 Å². The highest BCUT2D eigenvalue weighted by molar-refractivity contribution is 5.91. The Morgan fingerprint density at radius 2 is 2.04 bits per heavy atom. The Balaban J connectivity index is 1.53. The molecule has 0 saturated heterocycles. The monoisotopic (exact) mass is 370 g/mol. The number of amides is 1. The molecule has 1 aliphatic carbocycles. The Morgan fingerprint density at radius 1 is 1.26 bits per heavy atom. The molecule has 0 bridgehead atoms. The second-order valence-corrected chi connectivity index (χ2v) is 7.26. The lowest BCUT2D eigenvalue weighted by atomic mass is 9.86. The van der Waals surface area contributed by atoms with Crippen LogP contribution in [0.5, 0.6) is 0 Å². The van der Waals surface area contributed by atoms with Crippen LogP contribution < -0.4 is 5.32 Å². The Hall–Kier alpha value is -2.70. The average molecular weight is 370 g/mol. The number of hydrogen-bond acceptors (Lipinski definition) is 5. The first-order valence-electron chi connectivity index (χ1n) is 9.40. The first-order valence-corrected chi connectivity index (χ1v) is 9.40. The van der Waals surface area contributed by atoms with Crippen LogP contribution in [0.2, 0.25) is 0 Å². The highest BCUT2D eigenvalue weighted by Crippen LogP contribution is 2.23. The van der Waals surface area contributed by atoms with E-state index in [-0.39, 0.29) is 18.6 Å². The molecule has 2 aromatic rings. The van der Waals surface area contributed by atoms with Crippen molar-refractivity contribution in [3.8, 4) is 5.82 Å². The Bertz CT molecular complexity index is 813. The van der Waals surface area contributed by atoms with Crippen LogP contribution in [-0.2, 0) is 9.53 Å². The minimum absolute atomic E-state index is 0.173. The van der Waals surface area contributed by atoms with Crippen molar-refractivity contribution >= 4 is 11.9 Å². The lowest BCUT2D eigenvalue weighted by molar-refractivity contribution is -0.125. The molecule has 1 fully saturated rings. The van der Waals surface area contributed by atoms with Crippen molar-refractivity contribution < 1.29 is 14.3 Å². The number of aromatic nitrogens is 3. The molecule has 7 nitrogen and oxygen atoms in total. The fourth-order valence-corrected chi connectivity index (χ4v) is 3.49. The minimum atomic E-state index is -0.561. The molecule has 144 valence electrons. The number of ether oxygens (including phenoxy) is 1. The molecule has 1 amide bonds. The lowest BCUT2D eigenvalue weighted by Gasteiger charge is -2.29. The smallest absolute Gasteiger partial charge is 0.340 e. The third kappa shape index (κ3) is 4.72. The summed E-state index contributed by atoms with van der Waals surface area (Å²) in [7, 11) is 0. The van der Waals surface area contributed by atoms with E-state index >= 15 is 0 Å². The van der Waals surface area contributed by atoms with Crippen LogP contribution in [0.3, 0.4) is 0 Å². The molecule has 1 aliphatic rings. The largest absolute Gasteiger partial charge is 0.452 e. The van der Waals surface area contributed by atoms with Gasteiger partial charge in [0.15, 0.2) is 12.4 Å². The van der Waals surface area contributed by atoms with Crippen LogP contribution in [-0.4, -0.2) is 39.3 Å². The normalized spacial score (nSPS) is 19.5. The highest BCUT2D eigenvalue weighted by Gasteiger charge is 2.23. The number of aryl methyl sites for hydroxylation is 2. The number of esters is 1. The summed E-state index contributed by atoms with van der Waals surface area (Å²) in [4.78, 5) is 28.5. The molecule has 0 radical (unpaired) electrons. The van der Waals surface area contributed by atoms with Gasteiger partial charge in [-0.1, -0.05) is 19.8 Å². The lowest BCUT2D eigenvalue weighted by Crippen LogP contribution is -2.42. The van der Waals surface area contributed by atoms with Gasteiger partial charge in [0.25, 0.3) is 5.91 Å². The van der Waals surface area contributed by atoms with E-state index in [9.17, 15) is 9.59 Å². The molecule has 2 unspecified atom stereocenters. The predicted octanol–water partition coefficient (Wildman–Crippen LogP) is 2.74. The van der Waals surface area contributed by atoms with Crippen molar-refractivity contribution in [2.45, 2.75) is 52.5 Å². The maximum Gasteiger partial charge on any atom is 0.340 e. The van der Waals surface area contributed by atoms with Gasteiger partial charge >= 0.3 is 5.97 Å². The number of rotatable bonds is 5. The summed E-state index contributed by atoms with van der Waals surface area (Å²) >= 11 is 0. The van der Waals surface area contributed by atoms with Gasteiger partial charge in [0.05, 0.1) is 11.3 Å². The molecule has 27 heavy (non-hydrogen) atoms. The van der Waals surface area contributed by atoms with Crippen LogP contribution >= 0.6 is 0 Å². The van der Waals surface area contributed by atoms with Gasteiger partial charge in [-0.15, -0.1) is 0 Å². The molecule has 2 aromatic heterocycles. The van der Waals surface area contributed by atoms with Crippen LogP contribution in [0.15, 0.2) is 24.4 Å². The zero-order chi connectivity index (χ0) is 19.4. The number of pyridine rings is 1. The van der Waals surface area contributed by atoms with Gasteiger partial charge in [-0.3, -0.25) is 4.79 Å². The number of nitrogens with zero attached hydrogens (tertiary/aromatic N) is 3. The zero-order valence-electron chi connectivity index (χ0n) is 16.1. The molecule has 2 heterocycles. The van der Waals surface area contributed by atoms with Gasteiger partial charge in [-0.25, -0.2) is 14.5 Å². The van der Waals surface area contributed by atoms with Crippen molar-refractivity contribution in [2.24, 2.45) is 5.92 Å². The summed E-state index contributed by atoms with van der Waals surface area (Å²) in [6.07, 6.45) is 5.89. The van der Waals surface area contributed by atoms with E-state index in [2.05, 4.69) is 22.3 Å². The van der Waals surface area contributed by atoms with Gasteiger partial charge in [0.2, 0.25) is 0 Å². The Morgan fingerprint density at radius 3 is 2.67 bits per heavy atom. The number of carbonyl (C=O) groups excluding carboxylic acids is 2. The van der Waals surface area contributed by atoms with Crippen molar-refractivity contribution in [1.82, 2.24) is 20.1 Å². The molecule has 7 heteroatoms. The fraction of sp³-hybridized carbons (Fsp3) is 0.500. The van der Waals surface area contributed by atoms with E-state index in [4.69, 9.17) is 4.74 Å². The maximum absolute atomic E-state index is 12.2. The summed E-state index contributed by atoms with van der Waals surface area (Å²) in [5, 5.41) is 7.33. The first kappa shape index (κ1) is 19.1. The standard InChI is InChI=1S/C20H26N4O3/c1-13-6-4-5-7-17(13)22-19(25)12-27-20(26)16-8-9-18(21-11-16)24-15(3)10-14(2)23-24/h8-11,13,17H,4-7,12H2,1-3H3,(H,22,25). The van der Waals surface area contributed by atoms with Crippen molar-refractivity contribution in [3.05, 3.63) is 41.3 Å². The summed E-state index contributed by atoms with van der Waals surface area (Å²) in [5.41, 5.74) is 2.17. The molecule has 0 spiro atoms. The van der Waals surface area contributed by atoms with Crippen molar-refractivity contribution in [2.75, 3.05) is 6.61 Å². The fourth-order valence-electron chi connectivity index (χ4n) is 3.49. The Kier molecular flexibility index (Phi) is 5.88.